The molecule has 0 radical (unpaired) electrons. The van der Waals surface area contributed by atoms with Crippen molar-refractivity contribution in [3.8, 4) is 0 Å². The first kappa shape index (κ1) is 26.9. The molecule has 3 rings (SSSR count). The summed E-state index contributed by atoms with van der Waals surface area (Å²) in [6.07, 6.45) is 1.70. The SMILES string of the molecule is Cc1ccc(S(=O)(=O)N2CCOCC2)cc1NC(=O)CNCc1ccccn1.O=C(O)C(=O)O. The number of hydrogen-bond acceptors (Lipinski definition) is 8. The summed E-state index contributed by atoms with van der Waals surface area (Å²) >= 11 is 0. The number of rotatable bonds is 7. The van der Waals surface area contributed by atoms with E-state index < -0.39 is 22.0 Å². The highest BCUT2D eigenvalue weighted by atomic mass is 32.2. The third-order valence-corrected chi connectivity index (χ3v) is 6.49. The molecule has 0 bridgehead atoms. The summed E-state index contributed by atoms with van der Waals surface area (Å²) in [5, 5.41) is 20.6. The number of carbonyl (C=O) groups excluding carboxylic acids is 1. The fourth-order valence-electron chi connectivity index (χ4n) is 2.83. The molecule has 2 heterocycles. The number of nitrogens with zero attached hydrogens (tertiary/aromatic N) is 2. The van der Waals surface area contributed by atoms with Gasteiger partial charge in [0.1, 0.15) is 0 Å². The van der Waals surface area contributed by atoms with Crippen LogP contribution in [0.4, 0.5) is 5.69 Å². The van der Waals surface area contributed by atoms with Gasteiger partial charge in [-0.2, -0.15) is 4.31 Å². The first-order valence-electron chi connectivity index (χ1n) is 10.2. The van der Waals surface area contributed by atoms with Gasteiger partial charge in [-0.25, -0.2) is 18.0 Å². The highest BCUT2D eigenvalue weighted by Crippen LogP contribution is 2.23. The minimum Gasteiger partial charge on any atom is -0.473 e. The number of benzene rings is 1. The maximum atomic E-state index is 12.8. The number of ether oxygens (including phenoxy) is 1. The Morgan fingerprint density at radius 2 is 1.76 bits per heavy atom. The van der Waals surface area contributed by atoms with Crippen LogP contribution in [0.25, 0.3) is 0 Å². The van der Waals surface area contributed by atoms with Crippen molar-refractivity contribution in [3.63, 3.8) is 0 Å². The Labute approximate surface area is 196 Å². The van der Waals surface area contributed by atoms with Crippen LogP contribution in [0.2, 0.25) is 0 Å². The number of pyridine rings is 1. The monoisotopic (exact) mass is 494 g/mol. The molecular weight excluding hydrogens is 468 g/mol. The molecule has 184 valence electrons. The van der Waals surface area contributed by atoms with Gasteiger partial charge in [-0.15, -0.1) is 0 Å². The molecule has 1 amide bonds. The number of aromatic nitrogens is 1. The lowest BCUT2D eigenvalue weighted by atomic mass is 10.2. The van der Waals surface area contributed by atoms with Gasteiger partial charge in [0.05, 0.1) is 30.3 Å². The number of carboxylic acid groups (broad SMARTS) is 2. The molecule has 12 nitrogen and oxygen atoms in total. The molecule has 13 heteroatoms. The van der Waals surface area contributed by atoms with E-state index >= 15 is 0 Å². The quantitative estimate of drug-likeness (QED) is 0.392. The molecule has 1 aliphatic heterocycles. The number of carbonyl (C=O) groups is 3. The number of hydrogen-bond donors (Lipinski definition) is 4. The summed E-state index contributed by atoms with van der Waals surface area (Å²) in [6.45, 7) is 3.81. The molecule has 34 heavy (non-hydrogen) atoms. The number of morpholine rings is 1. The number of amides is 1. The average Bonchev–Trinajstić information content (AvgIpc) is 2.82. The third-order valence-electron chi connectivity index (χ3n) is 4.59. The van der Waals surface area contributed by atoms with Crippen LogP contribution in [0.5, 0.6) is 0 Å². The molecular formula is C21H26N4O8S. The molecule has 1 fully saturated rings. The Morgan fingerprint density at radius 3 is 2.35 bits per heavy atom. The predicted molar refractivity (Wildman–Crippen MR) is 121 cm³/mol. The minimum absolute atomic E-state index is 0.0937. The van der Waals surface area contributed by atoms with Crippen LogP contribution >= 0.6 is 0 Å². The van der Waals surface area contributed by atoms with Gasteiger partial charge < -0.3 is 25.6 Å². The van der Waals surface area contributed by atoms with Crippen LogP contribution in [0.3, 0.4) is 0 Å². The summed E-state index contributed by atoms with van der Waals surface area (Å²) < 4.78 is 32.2. The molecule has 1 aromatic heterocycles. The number of nitrogens with one attached hydrogen (secondary N) is 2. The van der Waals surface area contributed by atoms with Gasteiger partial charge in [-0.1, -0.05) is 12.1 Å². The van der Waals surface area contributed by atoms with Crippen LogP contribution in [0, 0.1) is 6.92 Å². The maximum absolute atomic E-state index is 12.8. The zero-order chi connectivity index (χ0) is 25.1. The fourth-order valence-corrected chi connectivity index (χ4v) is 4.27. The lowest BCUT2D eigenvalue weighted by molar-refractivity contribution is -0.159. The van der Waals surface area contributed by atoms with Gasteiger partial charge in [0, 0.05) is 31.5 Å². The summed E-state index contributed by atoms with van der Waals surface area (Å²) in [7, 11) is -3.61. The van der Waals surface area contributed by atoms with Gasteiger partial charge in [-0.05, 0) is 36.8 Å². The molecule has 1 aliphatic rings. The van der Waals surface area contributed by atoms with Gasteiger partial charge in [0.25, 0.3) is 0 Å². The van der Waals surface area contributed by atoms with Crippen molar-refractivity contribution in [2.45, 2.75) is 18.4 Å². The molecule has 1 saturated heterocycles. The number of carboxylic acids is 2. The molecule has 1 aromatic carbocycles. The summed E-state index contributed by atoms with van der Waals surface area (Å²) in [5.74, 6) is -3.90. The number of sulfonamides is 1. The molecule has 0 saturated carbocycles. The summed E-state index contributed by atoms with van der Waals surface area (Å²) in [5.41, 5.74) is 2.11. The molecule has 0 atom stereocenters. The normalized spacial score (nSPS) is 13.9. The van der Waals surface area contributed by atoms with Crippen molar-refractivity contribution in [1.29, 1.82) is 0 Å². The Balaban J connectivity index is 0.000000604. The highest BCUT2D eigenvalue weighted by molar-refractivity contribution is 7.89. The van der Waals surface area contributed by atoms with Crippen molar-refractivity contribution in [3.05, 3.63) is 53.9 Å². The molecule has 4 N–H and O–H groups in total. The van der Waals surface area contributed by atoms with Crippen LogP contribution in [0.15, 0.2) is 47.5 Å². The second kappa shape index (κ2) is 12.7. The highest BCUT2D eigenvalue weighted by Gasteiger charge is 2.26. The zero-order valence-corrected chi connectivity index (χ0v) is 19.2. The molecule has 2 aromatic rings. The average molecular weight is 495 g/mol. The van der Waals surface area contributed by atoms with Crippen LogP contribution in [0.1, 0.15) is 11.3 Å². The second-order valence-corrected chi connectivity index (χ2v) is 9.01. The van der Waals surface area contributed by atoms with E-state index in [1.165, 1.54) is 10.4 Å². The first-order valence-corrected chi connectivity index (χ1v) is 11.6. The van der Waals surface area contributed by atoms with Gasteiger partial charge >= 0.3 is 11.9 Å². The largest absolute Gasteiger partial charge is 0.473 e. The molecule has 0 unspecified atom stereocenters. The minimum atomic E-state index is -3.61. The summed E-state index contributed by atoms with van der Waals surface area (Å²) in [6, 6.07) is 10.4. The molecule has 0 spiro atoms. The van der Waals surface area contributed by atoms with E-state index in [1.807, 2.05) is 25.1 Å². The van der Waals surface area contributed by atoms with Crippen molar-refractivity contribution in [1.82, 2.24) is 14.6 Å². The topological polar surface area (TPSA) is 175 Å². The zero-order valence-electron chi connectivity index (χ0n) is 18.4. The smallest absolute Gasteiger partial charge is 0.414 e. The maximum Gasteiger partial charge on any atom is 0.414 e. The van der Waals surface area contributed by atoms with Crippen molar-refractivity contribution >= 4 is 33.6 Å². The van der Waals surface area contributed by atoms with Crippen molar-refractivity contribution < 1.29 is 37.8 Å². The number of anilines is 1. The van der Waals surface area contributed by atoms with Crippen molar-refractivity contribution in [2.24, 2.45) is 0 Å². The third kappa shape index (κ3) is 8.19. The summed E-state index contributed by atoms with van der Waals surface area (Å²) in [4.78, 5) is 34.8. The Morgan fingerprint density at radius 1 is 1.09 bits per heavy atom. The van der Waals surface area contributed by atoms with Crippen LogP contribution < -0.4 is 10.6 Å². The first-order chi connectivity index (χ1) is 16.1. The van der Waals surface area contributed by atoms with Gasteiger partial charge in [-0.3, -0.25) is 9.78 Å². The van der Waals surface area contributed by atoms with E-state index in [0.717, 1.165) is 11.3 Å². The Kier molecular flexibility index (Phi) is 10.1. The van der Waals surface area contributed by atoms with E-state index in [4.69, 9.17) is 24.5 Å². The lowest BCUT2D eigenvalue weighted by Gasteiger charge is -2.26. The predicted octanol–water partition coefficient (Wildman–Crippen LogP) is 0.295. The second-order valence-electron chi connectivity index (χ2n) is 7.08. The van der Waals surface area contributed by atoms with Gasteiger partial charge in [0.2, 0.25) is 15.9 Å². The number of aliphatic carboxylic acids is 2. The van der Waals surface area contributed by atoms with E-state index in [0.29, 0.717) is 38.5 Å². The van der Waals surface area contributed by atoms with E-state index in [2.05, 4.69) is 15.6 Å². The van der Waals surface area contributed by atoms with Crippen LogP contribution in [-0.2, 0) is 35.7 Å². The Bertz CT molecular complexity index is 1090. The van der Waals surface area contributed by atoms with E-state index in [1.54, 1.807) is 18.3 Å². The number of aryl methyl sites for hydroxylation is 1. The van der Waals surface area contributed by atoms with Crippen LogP contribution in [-0.4, -0.2) is 78.6 Å². The lowest BCUT2D eigenvalue weighted by Crippen LogP contribution is -2.40. The van der Waals surface area contributed by atoms with E-state index in [9.17, 15) is 13.2 Å². The van der Waals surface area contributed by atoms with E-state index in [-0.39, 0.29) is 17.3 Å². The van der Waals surface area contributed by atoms with Crippen molar-refractivity contribution in [2.75, 3.05) is 38.2 Å². The Hall–Kier alpha value is -3.39. The molecule has 0 aliphatic carbocycles. The standard InChI is InChI=1S/C19H24N4O4S.C2H2O4/c1-15-5-6-17(28(25,26)23-8-10-27-11-9-23)12-18(15)22-19(24)14-20-13-16-4-2-3-7-21-16;3-1(4)2(5)6/h2-7,12,20H,8-11,13-14H2,1H3,(H,22,24);(H,3,4)(H,5,6). The fraction of sp³-hybridized carbons (Fsp3) is 0.333. The van der Waals surface area contributed by atoms with Gasteiger partial charge in [0.15, 0.2) is 0 Å².